The quantitative estimate of drug-likeness (QED) is 0.798. The van der Waals surface area contributed by atoms with Crippen LogP contribution in [0.15, 0.2) is 34.7 Å². The van der Waals surface area contributed by atoms with E-state index in [9.17, 15) is 9.59 Å². The Kier molecular flexibility index (Phi) is 5.16. The fraction of sp³-hybridized carbons (Fsp3) is 0.421. The fourth-order valence-electron chi connectivity index (χ4n) is 3.20. The Morgan fingerprint density at radius 3 is 2.68 bits per heavy atom. The number of ether oxygens (including phenoxy) is 1. The Morgan fingerprint density at radius 2 is 1.96 bits per heavy atom. The van der Waals surface area contributed by atoms with Crippen LogP contribution in [0.3, 0.4) is 0 Å². The number of pyridine rings is 1. The molecule has 0 unspecified atom stereocenters. The summed E-state index contributed by atoms with van der Waals surface area (Å²) < 4.78 is 10.5. The van der Waals surface area contributed by atoms with E-state index in [1.54, 1.807) is 18.2 Å². The van der Waals surface area contributed by atoms with Gasteiger partial charge < -0.3 is 14.1 Å². The van der Waals surface area contributed by atoms with Gasteiger partial charge in [0.25, 0.3) is 5.91 Å². The number of hydrogen-bond acceptors (Lipinski definition) is 5. The zero-order chi connectivity index (χ0) is 17.8. The third-order valence-corrected chi connectivity index (χ3v) is 4.47. The number of carbonyl (C=O) groups excluding carboxylic acids is 2. The first-order valence-corrected chi connectivity index (χ1v) is 8.53. The minimum Gasteiger partial charge on any atom is -0.464 e. The highest BCUT2D eigenvalue weighted by atomic mass is 16.5. The third-order valence-electron chi connectivity index (χ3n) is 4.47. The van der Waals surface area contributed by atoms with Gasteiger partial charge in [-0.05, 0) is 44.0 Å². The highest BCUT2D eigenvalue weighted by Gasteiger charge is 2.30. The van der Waals surface area contributed by atoms with E-state index in [1.165, 1.54) is 7.11 Å². The van der Waals surface area contributed by atoms with Crippen molar-refractivity contribution in [3.8, 4) is 0 Å². The van der Waals surface area contributed by atoms with E-state index in [1.807, 2.05) is 24.0 Å². The van der Waals surface area contributed by atoms with Crippen molar-refractivity contribution in [1.29, 1.82) is 0 Å². The van der Waals surface area contributed by atoms with Crippen molar-refractivity contribution in [3.05, 3.63) is 53.2 Å². The molecule has 0 bridgehead atoms. The van der Waals surface area contributed by atoms with Crippen LogP contribution < -0.4 is 0 Å². The van der Waals surface area contributed by atoms with E-state index in [-0.39, 0.29) is 23.3 Å². The van der Waals surface area contributed by atoms with Gasteiger partial charge in [0.1, 0.15) is 22.9 Å². The molecule has 0 aromatic carbocycles. The number of likely N-dealkylation sites (tertiary alicyclic amines) is 1. The summed E-state index contributed by atoms with van der Waals surface area (Å²) in [6.45, 7) is 2.54. The van der Waals surface area contributed by atoms with E-state index < -0.39 is 5.97 Å². The number of furan rings is 1. The third kappa shape index (κ3) is 3.73. The van der Waals surface area contributed by atoms with Crippen molar-refractivity contribution in [3.63, 3.8) is 0 Å². The van der Waals surface area contributed by atoms with Gasteiger partial charge in [-0.25, -0.2) is 9.78 Å². The Morgan fingerprint density at radius 1 is 1.16 bits per heavy atom. The van der Waals surface area contributed by atoms with Crippen molar-refractivity contribution < 1.29 is 18.7 Å². The largest absolute Gasteiger partial charge is 0.464 e. The lowest BCUT2D eigenvalue weighted by Crippen LogP contribution is -2.35. The van der Waals surface area contributed by atoms with Gasteiger partial charge in [0.05, 0.1) is 13.2 Å². The van der Waals surface area contributed by atoms with Gasteiger partial charge in [-0.2, -0.15) is 0 Å². The zero-order valence-corrected chi connectivity index (χ0v) is 14.5. The van der Waals surface area contributed by atoms with E-state index in [4.69, 9.17) is 4.42 Å². The molecule has 1 fully saturated rings. The standard InChI is InChI=1S/C19H22N2O4/c1-13-10-11-17(25-13)16-9-4-3-5-12-21(16)18(22)14-7-6-8-15(20-14)19(23)24-2/h6-8,10-11,16H,3-5,9,12H2,1-2H3/t16-/m0/s1. The van der Waals surface area contributed by atoms with E-state index in [2.05, 4.69) is 9.72 Å². The Balaban J connectivity index is 1.91. The number of rotatable bonds is 3. The van der Waals surface area contributed by atoms with Crippen LogP contribution in [0, 0.1) is 6.92 Å². The molecule has 6 heteroatoms. The first kappa shape index (κ1) is 17.2. The molecule has 132 valence electrons. The first-order valence-electron chi connectivity index (χ1n) is 8.53. The Hall–Kier alpha value is -2.63. The maximum Gasteiger partial charge on any atom is 0.356 e. The predicted molar refractivity (Wildman–Crippen MR) is 91.3 cm³/mol. The molecule has 2 aromatic heterocycles. The second-order valence-electron chi connectivity index (χ2n) is 6.21. The average Bonchev–Trinajstić information content (AvgIpc) is 2.92. The maximum absolute atomic E-state index is 13.1. The molecular formula is C19H22N2O4. The summed E-state index contributed by atoms with van der Waals surface area (Å²) in [6, 6.07) is 8.56. The number of hydrogen-bond donors (Lipinski definition) is 0. The molecule has 2 aromatic rings. The summed E-state index contributed by atoms with van der Waals surface area (Å²) in [5.74, 6) is 0.893. The number of aryl methyl sites for hydroxylation is 1. The van der Waals surface area contributed by atoms with Gasteiger partial charge in [0, 0.05) is 6.54 Å². The molecule has 0 spiro atoms. The van der Waals surface area contributed by atoms with Gasteiger partial charge in [0.15, 0.2) is 0 Å². The topological polar surface area (TPSA) is 72.6 Å². The lowest BCUT2D eigenvalue weighted by Gasteiger charge is -2.28. The summed E-state index contributed by atoms with van der Waals surface area (Å²) in [4.78, 5) is 30.8. The summed E-state index contributed by atoms with van der Waals surface area (Å²) in [7, 11) is 1.29. The van der Waals surface area contributed by atoms with Crippen molar-refractivity contribution in [1.82, 2.24) is 9.88 Å². The van der Waals surface area contributed by atoms with Crippen LogP contribution in [0.25, 0.3) is 0 Å². The molecule has 1 aliphatic heterocycles. The molecule has 1 saturated heterocycles. The summed E-state index contributed by atoms with van der Waals surface area (Å²) in [5, 5.41) is 0. The predicted octanol–water partition coefficient (Wildman–Crippen LogP) is 3.53. The minimum atomic E-state index is -0.552. The molecule has 3 rings (SSSR count). The molecule has 1 atom stereocenters. The zero-order valence-electron chi connectivity index (χ0n) is 14.5. The lowest BCUT2D eigenvalue weighted by atomic mass is 10.1. The smallest absolute Gasteiger partial charge is 0.356 e. The monoisotopic (exact) mass is 342 g/mol. The highest BCUT2D eigenvalue weighted by molar-refractivity contribution is 5.94. The molecule has 1 amide bonds. The van der Waals surface area contributed by atoms with Gasteiger partial charge in [0.2, 0.25) is 0 Å². The van der Waals surface area contributed by atoms with E-state index in [0.717, 1.165) is 37.2 Å². The van der Waals surface area contributed by atoms with Crippen LogP contribution in [0.4, 0.5) is 0 Å². The van der Waals surface area contributed by atoms with Gasteiger partial charge >= 0.3 is 5.97 Å². The lowest BCUT2D eigenvalue weighted by molar-refractivity contribution is 0.0592. The summed E-state index contributed by atoms with van der Waals surface area (Å²) >= 11 is 0. The van der Waals surface area contributed by atoms with Crippen LogP contribution in [0.2, 0.25) is 0 Å². The van der Waals surface area contributed by atoms with Gasteiger partial charge in [-0.15, -0.1) is 0 Å². The summed E-state index contributed by atoms with van der Waals surface area (Å²) in [6.07, 6.45) is 3.92. The van der Waals surface area contributed by atoms with Crippen LogP contribution >= 0.6 is 0 Å². The number of carbonyl (C=O) groups is 2. The summed E-state index contributed by atoms with van der Waals surface area (Å²) in [5.41, 5.74) is 0.381. The molecule has 3 heterocycles. The maximum atomic E-state index is 13.1. The molecule has 0 N–H and O–H groups in total. The van der Waals surface area contributed by atoms with E-state index >= 15 is 0 Å². The minimum absolute atomic E-state index is 0.104. The molecular weight excluding hydrogens is 320 g/mol. The molecule has 0 aliphatic carbocycles. The second-order valence-corrected chi connectivity index (χ2v) is 6.21. The molecule has 25 heavy (non-hydrogen) atoms. The van der Waals surface area contributed by atoms with Gasteiger partial charge in [-0.3, -0.25) is 4.79 Å². The van der Waals surface area contributed by atoms with Gasteiger partial charge in [-0.1, -0.05) is 18.9 Å². The highest BCUT2D eigenvalue weighted by Crippen LogP contribution is 2.32. The fourth-order valence-corrected chi connectivity index (χ4v) is 3.20. The van der Waals surface area contributed by atoms with Crippen LogP contribution in [0.5, 0.6) is 0 Å². The van der Waals surface area contributed by atoms with Crippen LogP contribution in [0.1, 0.15) is 64.2 Å². The number of nitrogens with zero attached hydrogens (tertiary/aromatic N) is 2. The number of esters is 1. The normalized spacial score (nSPS) is 17.8. The SMILES string of the molecule is COC(=O)c1cccc(C(=O)N2CCCCC[C@H]2c2ccc(C)o2)n1. The van der Waals surface area contributed by atoms with Crippen molar-refractivity contribution in [2.75, 3.05) is 13.7 Å². The number of amides is 1. The van der Waals surface area contributed by atoms with E-state index in [0.29, 0.717) is 6.54 Å². The van der Waals surface area contributed by atoms with Crippen molar-refractivity contribution in [2.24, 2.45) is 0 Å². The molecule has 0 radical (unpaired) electrons. The first-order chi connectivity index (χ1) is 12.1. The van der Waals surface area contributed by atoms with Crippen molar-refractivity contribution >= 4 is 11.9 Å². The Labute approximate surface area is 146 Å². The van der Waals surface area contributed by atoms with Crippen molar-refractivity contribution in [2.45, 2.75) is 38.6 Å². The molecule has 6 nitrogen and oxygen atoms in total. The molecule has 0 saturated carbocycles. The Bertz CT molecular complexity index is 768. The second kappa shape index (κ2) is 7.51. The average molecular weight is 342 g/mol. The van der Waals surface area contributed by atoms with Crippen LogP contribution in [-0.2, 0) is 4.74 Å². The number of aromatic nitrogens is 1. The molecule has 1 aliphatic rings. The van der Waals surface area contributed by atoms with Crippen LogP contribution in [-0.4, -0.2) is 35.4 Å². The number of methoxy groups -OCH3 is 1.